The molecular formula is C24H26FNO4S. The third kappa shape index (κ3) is 6.12. The van der Waals surface area contributed by atoms with Crippen LogP contribution in [0.1, 0.15) is 43.5 Å². The van der Waals surface area contributed by atoms with Crippen LogP contribution >= 0.6 is 11.3 Å². The zero-order valence-electron chi connectivity index (χ0n) is 17.8. The number of aromatic nitrogens is 1. The Kier molecular flexibility index (Phi) is 7.76. The molecule has 0 radical (unpaired) electrons. The van der Waals surface area contributed by atoms with E-state index < -0.39 is 17.9 Å². The van der Waals surface area contributed by atoms with Crippen molar-refractivity contribution in [3.8, 4) is 16.3 Å². The van der Waals surface area contributed by atoms with Gasteiger partial charge in [-0.25, -0.2) is 14.2 Å². The van der Waals surface area contributed by atoms with Crippen LogP contribution < -0.4 is 4.74 Å². The van der Waals surface area contributed by atoms with E-state index >= 15 is 0 Å². The van der Waals surface area contributed by atoms with E-state index in [0.717, 1.165) is 16.3 Å². The SMILES string of the molecule is CCOC(Cc1ccc(OCc2csc(-c3ccc(C(C)C)cc3)n2)c(F)c1)C(=O)O. The quantitative estimate of drug-likeness (QED) is 0.436. The van der Waals surface area contributed by atoms with E-state index in [1.165, 1.54) is 29.0 Å². The van der Waals surface area contributed by atoms with Gasteiger partial charge in [-0.3, -0.25) is 0 Å². The van der Waals surface area contributed by atoms with Crippen LogP contribution in [0.15, 0.2) is 47.8 Å². The van der Waals surface area contributed by atoms with Gasteiger partial charge in [0.1, 0.15) is 11.6 Å². The molecule has 0 saturated heterocycles. The summed E-state index contributed by atoms with van der Waals surface area (Å²) in [6.07, 6.45) is -0.912. The molecule has 0 aliphatic heterocycles. The highest BCUT2D eigenvalue weighted by Crippen LogP contribution is 2.27. The molecule has 0 aliphatic rings. The second kappa shape index (κ2) is 10.5. The lowest BCUT2D eigenvalue weighted by molar-refractivity contribution is -0.149. The Hall–Kier alpha value is -2.77. The summed E-state index contributed by atoms with van der Waals surface area (Å²) in [4.78, 5) is 15.8. The standard InChI is InChI=1S/C24H26FNO4S/c1-4-29-22(24(27)28)12-16-5-10-21(20(25)11-16)30-13-19-14-31-23(26-19)18-8-6-17(7-9-18)15(2)3/h5-11,14-15,22H,4,12-13H2,1-3H3,(H,27,28). The van der Waals surface area contributed by atoms with Crippen LogP contribution in [0.2, 0.25) is 0 Å². The summed E-state index contributed by atoms with van der Waals surface area (Å²) in [5, 5.41) is 12.0. The summed E-state index contributed by atoms with van der Waals surface area (Å²) < 4.78 is 25.2. The number of rotatable bonds is 10. The van der Waals surface area contributed by atoms with E-state index in [-0.39, 0.29) is 25.4 Å². The van der Waals surface area contributed by atoms with Crippen LogP contribution in [0, 0.1) is 5.82 Å². The number of carboxylic acids is 1. The van der Waals surface area contributed by atoms with Crippen molar-refractivity contribution in [3.05, 3.63) is 70.5 Å². The summed E-state index contributed by atoms with van der Waals surface area (Å²) in [7, 11) is 0. The Morgan fingerprint density at radius 1 is 1.19 bits per heavy atom. The van der Waals surface area contributed by atoms with Gasteiger partial charge in [0.05, 0.1) is 5.69 Å². The van der Waals surface area contributed by atoms with E-state index in [2.05, 4.69) is 43.1 Å². The molecule has 0 amide bonds. The van der Waals surface area contributed by atoms with Crippen molar-refractivity contribution in [2.45, 2.75) is 45.8 Å². The van der Waals surface area contributed by atoms with Gasteiger partial charge in [-0.15, -0.1) is 11.3 Å². The lowest BCUT2D eigenvalue weighted by Crippen LogP contribution is -2.26. The van der Waals surface area contributed by atoms with Crippen molar-refractivity contribution in [3.63, 3.8) is 0 Å². The number of nitrogens with zero attached hydrogens (tertiary/aromatic N) is 1. The zero-order chi connectivity index (χ0) is 22.4. The number of ether oxygens (including phenoxy) is 2. The molecule has 7 heteroatoms. The number of carboxylic acid groups (broad SMARTS) is 1. The predicted octanol–water partition coefficient (Wildman–Crippen LogP) is 5.68. The third-order valence-corrected chi connectivity index (χ3v) is 5.75. The largest absolute Gasteiger partial charge is 0.484 e. The summed E-state index contributed by atoms with van der Waals surface area (Å²) >= 11 is 1.52. The molecule has 164 valence electrons. The zero-order valence-corrected chi connectivity index (χ0v) is 18.6. The summed E-state index contributed by atoms with van der Waals surface area (Å²) in [5.74, 6) is -1.04. The number of aliphatic carboxylic acids is 1. The molecule has 3 rings (SSSR count). The number of thiazole rings is 1. The number of hydrogen-bond acceptors (Lipinski definition) is 5. The van der Waals surface area contributed by atoms with Crippen LogP contribution in [0.4, 0.5) is 4.39 Å². The molecule has 0 aliphatic carbocycles. The van der Waals surface area contributed by atoms with Gasteiger partial charge in [0, 0.05) is 24.0 Å². The van der Waals surface area contributed by atoms with Gasteiger partial charge in [0.15, 0.2) is 17.7 Å². The topological polar surface area (TPSA) is 68.7 Å². The molecule has 31 heavy (non-hydrogen) atoms. The number of benzene rings is 2. The molecule has 0 spiro atoms. The molecule has 1 heterocycles. The smallest absolute Gasteiger partial charge is 0.333 e. The molecule has 1 aromatic heterocycles. The highest BCUT2D eigenvalue weighted by molar-refractivity contribution is 7.13. The minimum Gasteiger partial charge on any atom is -0.484 e. The Labute approximate surface area is 185 Å². The molecule has 1 atom stereocenters. The summed E-state index contributed by atoms with van der Waals surface area (Å²) in [6.45, 7) is 6.45. The van der Waals surface area contributed by atoms with Crippen molar-refractivity contribution in [2.24, 2.45) is 0 Å². The molecule has 2 aromatic carbocycles. The molecule has 0 bridgehead atoms. The second-order valence-electron chi connectivity index (χ2n) is 7.46. The maximum atomic E-state index is 14.4. The summed E-state index contributed by atoms with van der Waals surface area (Å²) in [5.41, 5.74) is 3.57. The average molecular weight is 444 g/mol. The molecular weight excluding hydrogens is 417 g/mol. The van der Waals surface area contributed by atoms with E-state index in [9.17, 15) is 14.3 Å². The van der Waals surface area contributed by atoms with E-state index in [0.29, 0.717) is 11.5 Å². The van der Waals surface area contributed by atoms with Gasteiger partial charge >= 0.3 is 5.97 Å². The van der Waals surface area contributed by atoms with Crippen molar-refractivity contribution in [2.75, 3.05) is 6.61 Å². The fourth-order valence-corrected chi connectivity index (χ4v) is 3.90. The van der Waals surface area contributed by atoms with Crippen molar-refractivity contribution in [1.82, 2.24) is 4.98 Å². The normalized spacial score (nSPS) is 12.2. The third-order valence-electron chi connectivity index (χ3n) is 4.81. The van der Waals surface area contributed by atoms with Gasteiger partial charge in [-0.1, -0.05) is 44.2 Å². The maximum absolute atomic E-state index is 14.4. The molecule has 5 nitrogen and oxygen atoms in total. The average Bonchev–Trinajstić information content (AvgIpc) is 3.22. The fourth-order valence-electron chi connectivity index (χ4n) is 3.09. The van der Waals surface area contributed by atoms with Crippen LogP contribution in [0.25, 0.3) is 10.6 Å². The highest BCUT2D eigenvalue weighted by atomic mass is 32.1. The number of carbonyl (C=O) groups is 1. The van der Waals surface area contributed by atoms with Crippen LogP contribution in [0.3, 0.4) is 0 Å². The monoisotopic (exact) mass is 443 g/mol. The van der Waals surface area contributed by atoms with Crippen molar-refractivity contribution < 1.29 is 23.8 Å². The fraction of sp³-hybridized carbons (Fsp3) is 0.333. The van der Waals surface area contributed by atoms with Crippen LogP contribution in [0.5, 0.6) is 5.75 Å². The molecule has 3 aromatic rings. The second-order valence-corrected chi connectivity index (χ2v) is 8.32. The predicted molar refractivity (Wildman–Crippen MR) is 119 cm³/mol. The Balaban J connectivity index is 1.62. The maximum Gasteiger partial charge on any atom is 0.333 e. The molecule has 1 N–H and O–H groups in total. The van der Waals surface area contributed by atoms with Gasteiger partial charge in [-0.05, 0) is 36.1 Å². The minimum absolute atomic E-state index is 0.0887. The lowest BCUT2D eigenvalue weighted by Gasteiger charge is -2.13. The first kappa shape index (κ1) is 22.9. The molecule has 1 unspecified atom stereocenters. The van der Waals surface area contributed by atoms with E-state index in [1.807, 2.05) is 5.38 Å². The van der Waals surface area contributed by atoms with E-state index in [1.54, 1.807) is 13.0 Å². The Morgan fingerprint density at radius 2 is 1.94 bits per heavy atom. The van der Waals surface area contributed by atoms with Crippen molar-refractivity contribution in [1.29, 1.82) is 0 Å². The Morgan fingerprint density at radius 3 is 2.55 bits per heavy atom. The first-order valence-electron chi connectivity index (χ1n) is 10.2. The highest BCUT2D eigenvalue weighted by Gasteiger charge is 2.19. The van der Waals surface area contributed by atoms with Gasteiger partial charge < -0.3 is 14.6 Å². The van der Waals surface area contributed by atoms with Gasteiger partial charge in [0.2, 0.25) is 0 Å². The van der Waals surface area contributed by atoms with Crippen LogP contribution in [-0.4, -0.2) is 28.8 Å². The lowest BCUT2D eigenvalue weighted by atomic mass is 10.0. The first-order chi connectivity index (χ1) is 14.9. The van der Waals surface area contributed by atoms with Crippen LogP contribution in [-0.2, 0) is 22.6 Å². The van der Waals surface area contributed by atoms with E-state index in [4.69, 9.17) is 9.47 Å². The first-order valence-corrected chi connectivity index (χ1v) is 11.1. The Bertz CT molecular complexity index is 1020. The number of hydrogen-bond donors (Lipinski definition) is 1. The van der Waals surface area contributed by atoms with Gasteiger partial charge in [-0.2, -0.15) is 0 Å². The summed E-state index contributed by atoms with van der Waals surface area (Å²) in [6, 6.07) is 12.8. The minimum atomic E-state index is -1.07. The number of halogens is 1. The molecule has 0 saturated carbocycles. The van der Waals surface area contributed by atoms with Gasteiger partial charge in [0.25, 0.3) is 0 Å². The molecule has 0 fully saturated rings. The van der Waals surface area contributed by atoms with Crippen molar-refractivity contribution >= 4 is 17.3 Å².